The van der Waals surface area contributed by atoms with E-state index in [1.165, 1.54) is 25.5 Å². The molecule has 0 amide bonds. The number of esters is 1. The summed E-state index contributed by atoms with van der Waals surface area (Å²) in [5.74, 6) is -0.108. The van der Waals surface area contributed by atoms with Gasteiger partial charge in [0.05, 0.1) is 6.26 Å². The van der Waals surface area contributed by atoms with E-state index in [2.05, 4.69) is 13.5 Å². The highest BCUT2D eigenvalue weighted by Gasteiger charge is 1.99. The average molecular weight is 238 g/mol. The Labute approximate surface area is 106 Å². The van der Waals surface area contributed by atoms with E-state index >= 15 is 0 Å². The van der Waals surface area contributed by atoms with Gasteiger partial charge in [0.15, 0.2) is 0 Å². The molecule has 98 valence electrons. The summed E-state index contributed by atoms with van der Waals surface area (Å²) < 4.78 is 4.96. The van der Waals surface area contributed by atoms with Gasteiger partial charge in [0.2, 0.25) is 0 Å². The van der Waals surface area contributed by atoms with Crippen LogP contribution in [-0.2, 0) is 9.53 Å². The van der Waals surface area contributed by atoms with Crippen LogP contribution in [0.15, 0.2) is 25.0 Å². The van der Waals surface area contributed by atoms with E-state index < -0.39 is 0 Å². The van der Waals surface area contributed by atoms with Gasteiger partial charge in [-0.3, -0.25) is 4.79 Å². The maximum Gasteiger partial charge on any atom is 0.310 e. The second-order valence-electron chi connectivity index (χ2n) is 4.25. The molecule has 0 spiro atoms. The molecule has 2 nitrogen and oxygen atoms in total. The number of hydrogen-bond donors (Lipinski definition) is 0. The number of rotatable bonds is 11. The number of unbranched alkanes of at least 4 members (excludes halogenated alkanes) is 6. The molecule has 0 unspecified atom stereocenters. The van der Waals surface area contributed by atoms with E-state index in [1.54, 1.807) is 0 Å². The first-order valence-corrected chi connectivity index (χ1v) is 6.76. The second-order valence-corrected chi connectivity index (χ2v) is 4.25. The van der Waals surface area contributed by atoms with Gasteiger partial charge in [-0.15, -0.1) is 6.58 Å². The Morgan fingerprint density at radius 3 is 2.53 bits per heavy atom. The van der Waals surface area contributed by atoms with Gasteiger partial charge >= 0.3 is 5.97 Å². The number of hydrogen-bond acceptors (Lipinski definition) is 2. The third-order valence-corrected chi connectivity index (χ3v) is 2.54. The minimum Gasteiger partial charge on any atom is -0.435 e. The van der Waals surface area contributed by atoms with Crippen LogP contribution in [0.2, 0.25) is 0 Å². The van der Waals surface area contributed by atoms with Gasteiger partial charge in [-0.1, -0.05) is 38.7 Å². The van der Waals surface area contributed by atoms with E-state index in [9.17, 15) is 4.79 Å². The molecule has 0 aromatic heterocycles. The Kier molecular flexibility index (Phi) is 12.2. The molecule has 0 aliphatic carbocycles. The molecule has 0 bridgehead atoms. The van der Waals surface area contributed by atoms with Gasteiger partial charge in [-0.2, -0.15) is 0 Å². The first kappa shape index (κ1) is 16.0. The minimum atomic E-state index is -0.108. The van der Waals surface area contributed by atoms with Crippen LogP contribution in [0.25, 0.3) is 0 Å². The van der Waals surface area contributed by atoms with Crippen molar-refractivity contribution in [1.82, 2.24) is 0 Å². The van der Waals surface area contributed by atoms with Crippen LogP contribution < -0.4 is 0 Å². The van der Waals surface area contributed by atoms with Gasteiger partial charge in [0, 0.05) is 6.42 Å². The van der Waals surface area contributed by atoms with E-state index in [0.29, 0.717) is 6.42 Å². The highest BCUT2D eigenvalue weighted by atomic mass is 16.5. The quantitative estimate of drug-likeness (QED) is 0.224. The maximum absolute atomic E-state index is 11.3. The molecule has 0 aromatic rings. The minimum absolute atomic E-state index is 0.108. The fourth-order valence-corrected chi connectivity index (χ4v) is 1.51. The molecule has 0 saturated heterocycles. The smallest absolute Gasteiger partial charge is 0.310 e. The molecule has 0 N–H and O–H groups in total. The number of carbonyl (C=O) groups excluding carboxylic acids is 1. The molecular formula is C15H26O2. The zero-order valence-electron chi connectivity index (χ0n) is 11.1. The van der Waals surface area contributed by atoms with Crippen molar-refractivity contribution in [2.24, 2.45) is 0 Å². The lowest BCUT2D eigenvalue weighted by atomic mass is 10.1. The molecule has 0 aliphatic heterocycles. The van der Waals surface area contributed by atoms with Crippen molar-refractivity contribution in [1.29, 1.82) is 0 Å². The molecule has 0 atom stereocenters. The fourth-order valence-electron chi connectivity index (χ4n) is 1.51. The van der Waals surface area contributed by atoms with Crippen molar-refractivity contribution in [3.8, 4) is 0 Å². The maximum atomic E-state index is 11.3. The van der Waals surface area contributed by atoms with E-state index in [4.69, 9.17) is 4.74 Å². The average Bonchev–Trinajstić information content (AvgIpc) is 2.33. The van der Waals surface area contributed by atoms with Gasteiger partial charge < -0.3 is 4.74 Å². The van der Waals surface area contributed by atoms with Crippen molar-refractivity contribution < 1.29 is 9.53 Å². The second kappa shape index (κ2) is 13.0. The Hall–Kier alpha value is -1.05. The normalized spacial score (nSPS) is 10.6. The monoisotopic (exact) mass is 238 g/mol. The first-order valence-electron chi connectivity index (χ1n) is 6.76. The summed E-state index contributed by atoms with van der Waals surface area (Å²) in [7, 11) is 0. The zero-order valence-corrected chi connectivity index (χ0v) is 11.1. The standard InChI is InChI=1S/C15H26O2/c1-3-5-7-8-9-10-11-13-15(16)17-14-12-6-4-2/h3,12,14H,1,4-11,13H2,2H3/b14-12+. The van der Waals surface area contributed by atoms with Crippen LogP contribution in [0.1, 0.15) is 64.7 Å². The van der Waals surface area contributed by atoms with Crippen molar-refractivity contribution in [2.75, 3.05) is 0 Å². The number of allylic oxidation sites excluding steroid dienone is 2. The predicted molar refractivity (Wildman–Crippen MR) is 72.7 cm³/mol. The van der Waals surface area contributed by atoms with Crippen molar-refractivity contribution in [3.05, 3.63) is 25.0 Å². The third kappa shape index (κ3) is 12.9. The molecule has 0 heterocycles. The molecule has 2 heteroatoms. The van der Waals surface area contributed by atoms with Crippen molar-refractivity contribution >= 4 is 5.97 Å². The molecule has 0 saturated carbocycles. The van der Waals surface area contributed by atoms with Gasteiger partial charge in [-0.05, 0) is 31.8 Å². The lowest BCUT2D eigenvalue weighted by Crippen LogP contribution is -1.98. The third-order valence-electron chi connectivity index (χ3n) is 2.54. The molecule has 0 rings (SSSR count). The Balaban J connectivity index is 3.24. The van der Waals surface area contributed by atoms with Crippen LogP contribution in [0, 0.1) is 0 Å². The summed E-state index contributed by atoms with van der Waals surface area (Å²) in [5, 5.41) is 0. The number of carbonyl (C=O) groups is 1. The molecule has 0 fully saturated rings. The summed E-state index contributed by atoms with van der Waals surface area (Å²) >= 11 is 0. The van der Waals surface area contributed by atoms with Crippen LogP contribution in [0.4, 0.5) is 0 Å². The molecule has 0 aromatic carbocycles. The van der Waals surface area contributed by atoms with Crippen LogP contribution in [0.3, 0.4) is 0 Å². The SMILES string of the molecule is C=CCCCCCCCC(=O)O/C=C/CCC. The fraction of sp³-hybridized carbons (Fsp3) is 0.667. The summed E-state index contributed by atoms with van der Waals surface area (Å²) in [4.78, 5) is 11.3. The Morgan fingerprint density at radius 1 is 1.12 bits per heavy atom. The van der Waals surface area contributed by atoms with Gasteiger partial charge in [0.25, 0.3) is 0 Å². The Morgan fingerprint density at radius 2 is 1.82 bits per heavy atom. The Bertz CT molecular complexity index is 219. The van der Waals surface area contributed by atoms with Crippen molar-refractivity contribution in [3.63, 3.8) is 0 Å². The molecule has 0 aliphatic rings. The first-order chi connectivity index (χ1) is 8.31. The highest BCUT2D eigenvalue weighted by molar-refractivity contribution is 5.69. The van der Waals surface area contributed by atoms with E-state index in [0.717, 1.165) is 32.1 Å². The van der Waals surface area contributed by atoms with E-state index in [-0.39, 0.29) is 5.97 Å². The largest absolute Gasteiger partial charge is 0.435 e. The summed E-state index contributed by atoms with van der Waals surface area (Å²) in [5.41, 5.74) is 0. The zero-order chi connectivity index (χ0) is 12.8. The summed E-state index contributed by atoms with van der Waals surface area (Å²) in [6, 6.07) is 0. The van der Waals surface area contributed by atoms with Gasteiger partial charge in [0.1, 0.15) is 0 Å². The van der Waals surface area contributed by atoms with Crippen LogP contribution in [0.5, 0.6) is 0 Å². The predicted octanol–water partition coefficient (Wildman–Crippen LogP) is 4.76. The topological polar surface area (TPSA) is 26.3 Å². The van der Waals surface area contributed by atoms with Crippen molar-refractivity contribution in [2.45, 2.75) is 64.7 Å². The highest BCUT2D eigenvalue weighted by Crippen LogP contribution is 2.08. The van der Waals surface area contributed by atoms with Crippen LogP contribution in [-0.4, -0.2) is 5.97 Å². The van der Waals surface area contributed by atoms with E-state index in [1.807, 2.05) is 12.2 Å². The lowest BCUT2D eigenvalue weighted by Gasteiger charge is -2.00. The molecule has 0 radical (unpaired) electrons. The summed E-state index contributed by atoms with van der Waals surface area (Å²) in [6.07, 6.45) is 14.8. The summed E-state index contributed by atoms with van der Waals surface area (Å²) in [6.45, 7) is 5.79. The molecule has 17 heavy (non-hydrogen) atoms. The van der Waals surface area contributed by atoms with Crippen LogP contribution >= 0.6 is 0 Å². The lowest BCUT2D eigenvalue weighted by molar-refractivity contribution is -0.138. The number of ether oxygens (including phenoxy) is 1. The molecular weight excluding hydrogens is 212 g/mol. The van der Waals surface area contributed by atoms with Gasteiger partial charge in [-0.25, -0.2) is 0 Å².